The highest BCUT2D eigenvalue weighted by Gasteiger charge is 2.36. The van der Waals surface area contributed by atoms with Gasteiger partial charge in [0, 0.05) is 18.4 Å². The van der Waals surface area contributed by atoms with Crippen molar-refractivity contribution in [3.63, 3.8) is 0 Å². The van der Waals surface area contributed by atoms with Gasteiger partial charge in [0.25, 0.3) is 5.91 Å². The minimum atomic E-state index is -4.99. The minimum absolute atomic E-state index is 0.0198. The van der Waals surface area contributed by atoms with Crippen molar-refractivity contribution in [3.8, 4) is 6.07 Å². The molecule has 136 valence electrons. The van der Waals surface area contributed by atoms with Crippen LogP contribution in [-0.4, -0.2) is 12.5 Å². The monoisotopic (exact) mass is 365 g/mol. The summed E-state index contributed by atoms with van der Waals surface area (Å²) in [5.74, 6) is -0.792. The molecule has 0 fully saturated rings. The fourth-order valence-electron chi connectivity index (χ4n) is 1.68. The second kappa shape index (κ2) is 7.92. The molecule has 0 aliphatic rings. The van der Waals surface area contributed by atoms with Crippen LogP contribution in [0, 0.1) is 11.3 Å². The van der Waals surface area contributed by atoms with Gasteiger partial charge in [-0.25, -0.2) is 0 Å². The lowest BCUT2D eigenvalue weighted by Gasteiger charge is -2.14. The molecule has 0 bridgehead atoms. The largest absolute Gasteiger partial charge is 0.416 e. The van der Waals surface area contributed by atoms with E-state index in [0.29, 0.717) is 18.6 Å². The third kappa shape index (κ3) is 6.02. The Balaban J connectivity index is 3.18. The first-order valence-corrected chi connectivity index (χ1v) is 6.93. The number of rotatable bonds is 5. The average Bonchev–Trinajstić information content (AvgIpc) is 2.51. The molecule has 25 heavy (non-hydrogen) atoms. The Morgan fingerprint density at radius 3 is 2.04 bits per heavy atom. The van der Waals surface area contributed by atoms with Crippen LogP contribution in [0.15, 0.2) is 30.0 Å². The number of alkyl halides is 6. The molecule has 1 aromatic carbocycles. The molecule has 1 aromatic rings. The lowest BCUT2D eigenvalue weighted by molar-refractivity contribution is -0.143. The predicted molar refractivity (Wildman–Crippen MR) is 77.1 cm³/mol. The smallest absolute Gasteiger partial charge is 0.360 e. The van der Waals surface area contributed by atoms with Crippen LogP contribution in [0.1, 0.15) is 24.5 Å². The highest BCUT2D eigenvalue weighted by atomic mass is 19.4. The van der Waals surface area contributed by atoms with Gasteiger partial charge in [-0.2, -0.15) is 31.6 Å². The Bertz CT molecular complexity index is 668. The maximum Gasteiger partial charge on any atom is 0.416 e. The molecule has 0 saturated heterocycles. The molecule has 0 aliphatic heterocycles. The summed E-state index contributed by atoms with van der Waals surface area (Å²) >= 11 is 0. The zero-order chi connectivity index (χ0) is 19.3. The summed E-state index contributed by atoms with van der Waals surface area (Å²) in [6.45, 7) is 2.02. The van der Waals surface area contributed by atoms with Gasteiger partial charge in [-0.05, 0) is 24.6 Å². The van der Waals surface area contributed by atoms with Crippen LogP contribution < -0.4 is 10.6 Å². The molecule has 0 atom stereocenters. The van der Waals surface area contributed by atoms with Gasteiger partial charge < -0.3 is 10.6 Å². The molecule has 1 amide bonds. The number of nitrogens with one attached hydrogen (secondary N) is 2. The number of hydrogen-bond donors (Lipinski definition) is 2. The van der Waals surface area contributed by atoms with Crippen molar-refractivity contribution in [3.05, 3.63) is 41.1 Å². The highest BCUT2D eigenvalue weighted by molar-refractivity contribution is 5.97. The van der Waals surface area contributed by atoms with Crippen molar-refractivity contribution >= 4 is 11.6 Å². The molecule has 4 nitrogen and oxygen atoms in total. The molecule has 0 aliphatic carbocycles. The standard InChI is InChI=1S/C15H13F6N3O/c1-2-3-23-13(25)9(7-22)8-24-12-5-10(14(16,17)18)4-11(6-12)15(19,20)21/h4-6,8,24H,2-3H2,1H3,(H,23,25)/b9-8-. The molecule has 0 radical (unpaired) electrons. The van der Waals surface area contributed by atoms with Gasteiger partial charge in [-0.15, -0.1) is 0 Å². The number of nitrogens with zero attached hydrogens (tertiary/aromatic N) is 1. The molecule has 1 rings (SSSR count). The maximum absolute atomic E-state index is 12.7. The van der Waals surface area contributed by atoms with Crippen molar-refractivity contribution in [1.29, 1.82) is 5.26 Å². The zero-order valence-corrected chi connectivity index (χ0v) is 12.8. The SMILES string of the molecule is CCCNC(=O)/C(C#N)=C\Nc1cc(C(F)(F)F)cc(C(F)(F)F)c1. The highest BCUT2D eigenvalue weighted by Crippen LogP contribution is 2.37. The van der Waals surface area contributed by atoms with Gasteiger partial charge in [-0.3, -0.25) is 4.79 Å². The van der Waals surface area contributed by atoms with Gasteiger partial charge in [0.1, 0.15) is 11.6 Å². The molecule has 10 heteroatoms. The molecule has 0 heterocycles. The lowest BCUT2D eigenvalue weighted by atomic mass is 10.1. The molecule has 0 saturated carbocycles. The first-order valence-electron chi connectivity index (χ1n) is 6.93. The van der Waals surface area contributed by atoms with E-state index in [1.807, 2.05) is 0 Å². The van der Waals surface area contributed by atoms with Gasteiger partial charge >= 0.3 is 12.4 Å². The van der Waals surface area contributed by atoms with Crippen LogP contribution in [0.4, 0.5) is 32.0 Å². The minimum Gasteiger partial charge on any atom is -0.360 e. The van der Waals surface area contributed by atoms with Gasteiger partial charge in [-0.1, -0.05) is 6.92 Å². The van der Waals surface area contributed by atoms with Crippen molar-refractivity contribution in [2.75, 3.05) is 11.9 Å². The number of benzene rings is 1. The van der Waals surface area contributed by atoms with E-state index in [9.17, 15) is 31.1 Å². The van der Waals surface area contributed by atoms with E-state index in [1.54, 1.807) is 6.92 Å². The average molecular weight is 365 g/mol. The van der Waals surface area contributed by atoms with Crippen molar-refractivity contribution in [1.82, 2.24) is 5.32 Å². The molecule has 0 unspecified atom stereocenters. The molecule has 0 spiro atoms. The van der Waals surface area contributed by atoms with Gasteiger partial charge in [0.15, 0.2) is 0 Å². The van der Waals surface area contributed by atoms with Crippen LogP contribution in [0.3, 0.4) is 0 Å². The van der Waals surface area contributed by atoms with E-state index in [0.717, 1.165) is 6.20 Å². The summed E-state index contributed by atoms with van der Waals surface area (Å²) in [5, 5.41) is 13.4. The molecular weight excluding hydrogens is 352 g/mol. The summed E-state index contributed by atoms with van der Waals surface area (Å²) in [5.41, 5.74) is -4.06. The number of carbonyl (C=O) groups is 1. The van der Waals surface area contributed by atoms with Crippen molar-refractivity contribution in [2.24, 2.45) is 0 Å². The number of anilines is 1. The number of hydrogen-bond acceptors (Lipinski definition) is 3. The maximum atomic E-state index is 12.7. The van der Waals surface area contributed by atoms with Crippen LogP contribution in [0.25, 0.3) is 0 Å². The van der Waals surface area contributed by atoms with Crippen molar-refractivity contribution < 1.29 is 31.1 Å². The van der Waals surface area contributed by atoms with Crippen LogP contribution in [0.5, 0.6) is 0 Å². The van der Waals surface area contributed by atoms with E-state index in [-0.39, 0.29) is 12.6 Å². The van der Waals surface area contributed by atoms with Gasteiger partial charge in [0.2, 0.25) is 0 Å². The normalized spacial score (nSPS) is 12.5. The first kappa shape index (κ1) is 20.3. The fraction of sp³-hybridized carbons (Fsp3) is 0.333. The molecule has 2 N–H and O–H groups in total. The Hall–Kier alpha value is -2.70. The quantitative estimate of drug-likeness (QED) is 0.470. The van der Waals surface area contributed by atoms with E-state index >= 15 is 0 Å². The Labute approximate surface area is 139 Å². The number of nitriles is 1. The van der Waals surface area contributed by atoms with Crippen molar-refractivity contribution in [2.45, 2.75) is 25.7 Å². The summed E-state index contributed by atoms with van der Waals surface area (Å²) in [6, 6.07) is 2.39. The summed E-state index contributed by atoms with van der Waals surface area (Å²) < 4.78 is 76.5. The second-order valence-corrected chi connectivity index (χ2v) is 4.86. The summed E-state index contributed by atoms with van der Waals surface area (Å²) in [7, 11) is 0. The Morgan fingerprint density at radius 2 is 1.64 bits per heavy atom. The first-order chi connectivity index (χ1) is 11.5. The Morgan fingerprint density at radius 1 is 1.12 bits per heavy atom. The third-order valence-electron chi connectivity index (χ3n) is 2.87. The third-order valence-corrected chi connectivity index (χ3v) is 2.87. The van der Waals surface area contributed by atoms with Crippen LogP contribution in [0.2, 0.25) is 0 Å². The number of halogens is 6. The zero-order valence-electron chi connectivity index (χ0n) is 12.8. The second-order valence-electron chi connectivity index (χ2n) is 4.86. The lowest BCUT2D eigenvalue weighted by Crippen LogP contribution is -2.25. The summed E-state index contributed by atoms with van der Waals surface area (Å²) in [4.78, 5) is 11.6. The topological polar surface area (TPSA) is 64.9 Å². The number of amides is 1. The van der Waals surface area contributed by atoms with E-state index in [4.69, 9.17) is 5.26 Å². The summed E-state index contributed by atoms with van der Waals surface area (Å²) in [6.07, 6.45) is -8.64. The van der Waals surface area contributed by atoms with E-state index in [2.05, 4.69) is 10.6 Å². The van der Waals surface area contributed by atoms with Gasteiger partial charge in [0.05, 0.1) is 11.1 Å². The molecule has 0 aromatic heterocycles. The van der Waals surface area contributed by atoms with E-state index < -0.39 is 40.6 Å². The van der Waals surface area contributed by atoms with Crippen LogP contribution in [-0.2, 0) is 17.1 Å². The fourth-order valence-corrected chi connectivity index (χ4v) is 1.68. The van der Waals surface area contributed by atoms with E-state index in [1.165, 1.54) is 6.07 Å². The molecular formula is C15H13F6N3O. The number of carbonyl (C=O) groups excluding carboxylic acids is 1. The van der Waals surface area contributed by atoms with Crippen LogP contribution >= 0.6 is 0 Å². The Kier molecular flexibility index (Phi) is 6.44. The predicted octanol–water partition coefficient (Wildman–Crippen LogP) is 4.07.